The maximum atomic E-state index is 11.6. The van der Waals surface area contributed by atoms with Crippen LogP contribution in [0.2, 0.25) is 0 Å². The third-order valence-corrected chi connectivity index (χ3v) is 2.63. The summed E-state index contributed by atoms with van der Waals surface area (Å²) in [6.07, 6.45) is 1.19. The van der Waals surface area contributed by atoms with Crippen LogP contribution in [0.3, 0.4) is 0 Å². The van der Waals surface area contributed by atoms with Gasteiger partial charge >= 0.3 is 12.0 Å². The Hall–Kier alpha value is -1.30. The Morgan fingerprint density at radius 3 is 2.75 bits per heavy atom. The molecule has 2 amide bonds. The van der Waals surface area contributed by atoms with Gasteiger partial charge in [0.15, 0.2) is 0 Å². The van der Waals surface area contributed by atoms with E-state index in [0.717, 1.165) is 12.8 Å². The van der Waals surface area contributed by atoms with Crippen molar-refractivity contribution in [3.63, 3.8) is 0 Å². The van der Waals surface area contributed by atoms with E-state index in [2.05, 4.69) is 5.32 Å². The Labute approximate surface area is 94.2 Å². The summed E-state index contributed by atoms with van der Waals surface area (Å²) in [5, 5.41) is 20.9. The molecule has 0 bridgehead atoms. The summed E-state index contributed by atoms with van der Waals surface area (Å²) in [6, 6.07) is -1.31. The van der Waals surface area contributed by atoms with Crippen LogP contribution in [-0.4, -0.2) is 52.3 Å². The molecule has 1 fully saturated rings. The van der Waals surface area contributed by atoms with Gasteiger partial charge in [0.1, 0.15) is 6.04 Å². The van der Waals surface area contributed by atoms with Crippen LogP contribution in [0.4, 0.5) is 4.79 Å². The van der Waals surface area contributed by atoms with Gasteiger partial charge in [-0.15, -0.1) is 0 Å². The molecule has 0 aromatic carbocycles. The second-order valence-electron chi connectivity index (χ2n) is 3.98. The minimum absolute atomic E-state index is 0.0922. The van der Waals surface area contributed by atoms with Crippen LogP contribution in [-0.2, 0) is 4.79 Å². The Balaban J connectivity index is 2.50. The normalized spacial score (nSPS) is 24.5. The van der Waals surface area contributed by atoms with Crippen molar-refractivity contribution in [2.45, 2.75) is 38.3 Å². The molecule has 0 saturated carbocycles. The molecule has 16 heavy (non-hydrogen) atoms. The third-order valence-electron chi connectivity index (χ3n) is 2.63. The van der Waals surface area contributed by atoms with E-state index in [9.17, 15) is 14.7 Å². The van der Waals surface area contributed by atoms with Crippen molar-refractivity contribution in [3.05, 3.63) is 0 Å². The number of carbonyl (C=O) groups is 2. The maximum absolute atomic E-state index is 11.6. The van der Waals surface area contributed by atoms with Gasteiger partial charge < -0.3 is 20.4 Å². The second-order valence-corrected chi connectivity index (χ2v) is 3.98. The number of β-amino-alcohol motifs (C(OH)–C–C–N with tert-alkyl or cyclic N) is 1. The molecule has 0 unspecified atom stereocenters. The van der Waals surface area contributed by atoms with Crippen molar-refractivity contribution < 1.29 is 19.8 Å². The molecular formula is C10H18N2O4. The average molecular weight is 230 g/mol. The summed E-state index contributed by atoms with van der Waals surface area (Å²) in [4.78, 5) is 23.7. The largest absolute Gasteiger partial charge is 0.480 e. The maximum Gasteiger partial charge on any atom is 0.326 e. The molecule has 0 aromatic rings. The smallest absolute Gasteiger partial charge is 0.326 e. The van der Waals surface area contributed by atoms with Gasteiger partial charge in [-0.2, -0.15) is 0 Å². The first-order valence-corrected chi connectivity index (χ1v) is 5.51. The molecule has 1 aliphatic rings. The Morgan fingerprint density at radius 1 is 1.50 bits per heavy atom. The number of aliphatic hydroxyl groups excluding tert-OH is 1. The van der Waals surface area contributed by atoms with Crippen LogP contribution >= 0.6 is 0 Å². The zero-order valence-corrected chi connectivity index (χ0v) is 9.35. The number of carbonyl (C=O) groups excluding carboxylic acids is 1. The summed E-state index contributed by atoms with van der Waals surface area (Å²) in [7, 11) is 0. The molecule has 0 radical (unpaired) electrons. The first kappa shape index (κ1) is 12.8. The molecule has 1 rings (SSSR count). The molecule has 6 nitrogen and oxygen atoms in total. The number of hydrogen-bond donors (Lipinski definition) is 3. The fourth-order valence-electron chi connectivity index (χ4n) is 1.75. The van der Waals surface area contributed by atoms with E-state index in [1.165, 1.54) is 4.90 Å². The molecule has 0 spiro atoms. The van der Waals surface area contributed by atoms with E-state index >= 15 is 0 Å². The predicted octanol–water partition coefficient (Wildman–Crippen LogP) is 0.0159. The SMILES string of the molecule is CCCCNC(=O)N1C[C@H](O)C[C@H]1C(=O)O. The fourth-order valence-corrected chi connectivity index (χ4v) is 1.75. The lowest BCUT2D eigenvalue weighted by Crippen LogP contribution is -2.46. The molecule has 0 aromatic heterocycles. The van der Waals surface area contributed by atoms with Crippen LogP contribution in [0.25, 0.3) is 0 Å². The van der Waals surface area contributed by atoms with Crippen molar-refractivity contribution in [3.8, 4) is 0 Å². The van der Waals surface area contributed by atoms with E-state index < -0.39 is 24.1 Å². The fraction of sp³-hybridized carbons (Fsp3) is 0.800. The zero-order valence-electron chi connectivity index (χ0n) is 9.35. The van der Waals surface area contributed by atoms with Crippen LogP contribution in [0.15, 0.2) is 0 Å². The number of hydrogen-bond acceptors (Lipinski definition) is 3. The number of rotatable bonds is 4. The van der Waals surface area contributed by atoms with Gasteiger partial charge in [0, 0.05) is 19.5 Å². The Bertz CT molecular complexity index is 270. The molecule has 3 N–H and O–H groups in total. The molecule has 6 heteroatoms. The first-order chi connectivity index (χ1) is 7.56. The van der Waals surface area contributed by atoms with Crippen LogP contribution in [0.1, 0.15) is 26.2 Å². The van der Waals surface area contributed by atoms with Gasteiger partial charge in [0.2, 0.25) is 0 Å². The highest BCUT2D eigenvalue weighted by molar-refractivity contribution is 5.83. The number of aliphatic hydroxyl groups is 1. The van der Waals surface area contributed by atoms with Crippen LogP contribution in [0, 0.1) is 0 Å². The molecule has 0 aliphatic carbocycles. The average Bonchev–Trinajstić information content (AvgIpc) is 2.61. The van der Waals surface area contributed by atoms with Crippen LogP contribution < -0.4 is 5.32 Å². The molecule has 92 valence electrons. The highest BCUT2D eigenvalue weighted by atomic mass is 16.4. The van der Waals surface area contributed by atoms with E-state index in [4.69, 9.17) is 5.11 Å². The van der Waals surface area contributed by atoms with Crippen LogP contribution in [0.5, 0.6) is 0 Å². The number of urea groups is 1. The number of nitrogens with zero attached hydrogens (tertiary/aromatic N) is 1. The summed E-state index contributed by atoms with van der Waals surface area (Å²) in [5.74, 6) is -1.07. The minimum Gasteiger partial charge on any atom is -0.480 e. The van der Waals surface area contributed by atoms with Crippen molar-refractivity contribution in [1.29, 1.82) is 0 Å². The minimum atomic E-state index is -1.07. The molecule has 1 heterocycles. The quantitative estimate of drug-likeness (QED) is 0.594. The van der Waals surface area contributed by atoms with Crippen molar-refractivity contribution >= 4 is 12.0 Å². The topological polar surface area (TPSA) is 89.9 Å². The Morgan fingerprint density at radius 2 is 2.19 bits per heavy atom. The van der Waals surface area contributed by atoms with Gasteiger partial charge in [-0.3, -0.25) is 0 Å². The van der Waals surface area contributed by atoms with Gasteiger partial charge in [-0.1, -0.05) is 13.3 Å². The summed E-state index contributed by atoms with van der Waals surface area (Å²) < 4.78 is 0. The number of carboxylic acid groups (broad SMARTS) is 1. The van der Waals surface area contributed by atoms with Crippen molar-refractivity contribution in [1.82, 2.24) is 10.2 Å². The molecule has 1 saturated heterocycles. The monoisotopic (exact) mass is 230 g/mol. The van der Waals surface area contributed by atoms with Gasteiger partial charge in [-0.05, 0) is 6.42 Å². The Kier molecular flexibility index (Phi) is 4.54. The number of carboxylic acids is 1. The zero-order chi connectivity index (χ0) is 12.1. The second kappa shape index (κ2) is 5.69. The number of aliphatic carboxylic acids is 1. The van der Waals surface area contributed by atoms with E-state index in [1.54, 1.807) is 0 Å². The predicted molar refractivity (Wildman–Crippen MR) is 57.1 cm³/mol. The van der Waals surface area contributed by atoms with Gasteiger partial charge in [0.05, 0.1) is 6.10 Å². The summed E-state index contributed by atoms with van der Waals surface area (Å²) >= 11 is 0. The van der Waals surface area contributed by atoms with E-state index in [-0.39, 0.29) is 13.0 Å². The standard InChI is InChI=1S/C10H18N2O4/c1-2-3-4-11-10(16)12-6-7(13)5-8(12)9(14)15/h7-8,13H,2-6H2,1H3,(H,11,16)(H,14,15)/t7-,8+/m1/s1. The third kappa shape index (κ3) is 3.10. The summed E-state index contributed by atoms with van der Waals surface area (Å²) in [5.41, 5.74) is 0. The lowest BCUT2D eigenvalue weighted by atomic mass is 10.2. The highest BCUT2D eigenvalue weighted by Crippen LogP contribution is 2.17. The molecule has 1 aliphatic heterocycles. The van der Waals surface area contributed by atoms with Crippen molar-refractivity contribution in [2.24, 2.45) is 0 Å². The highest BCUT2D eigenvalue weighted by Gasteiger charge is 2.38. The van der Waals surface area contributed by atoms with Gasteiger partial charge in [0.25, 0.3) is 0 Å². The van der Waals surface area contributed by atoms with Crippen molar-refractivity contribution in [2.75, 3.05) is 13.1 Å². The summed E-state index contributed by atoms with van der Waals surface area (Å²) in [6.45, 7) is 2.63. The number of unbranched alkanes of at least 4 members (excludes halogenated alkanes) is 1. The first-order valence-electron chi connectivity index (χ1n) is 5.51. The number of amides is 2. The lowest BCUT2D eigenvalue weighted by molar-refractivity contribution is -0.141. The van der Waals surface area contributed by atoms with E-state index in [0.29, 0.717) is 6.54 Å². The number of nitrogens with one attached hydrogen (secondary N) is 1. The van der Waals surface area contributed by atoms with Gasteiger partial charge in [-0.25, -0.2) is 9.59 Å². The lowest BCUT2D eigenvalue weighted by Gasteiger charge is -2.21. The molecular weight excluding hydrogens is 212 g/mol. The van der Waals surface area contributed by atoms with E-state index in [1.807, 2.05) is 6.92 Å². The number of likely N-dealkylation sites (tertiary alicyclic amines) is 1. The molecule has 2 atom stereocenters.